The van der Waals surface area contributed by atoms with E-state index in [-0.39, 0.29) is 29.5 Å². The van der Waals surface area contributed by atoms with E-state index in [9.17, 15) is 9.59 Å². The summed E-state index contributed by atoms with van der Waals surface area (Å²) in [6.07, 6.45) is 1.40. The lowest BCUT2D eigenvalue weighted by Gasteiger charge is -2.16. The molecule has 0 saturated heterocycles. The summed E-state index contributed by atoms with van der Waals surface area (Å²) < 4.78 is 6.94. The molecule has 0 spiro atoms. The van der Waals surface area contributed by atoms with Crippen LogP contribution in [0.5, 0.6) is 0 Å². The Labute approximate surface area is 161 Å². The number of para-hydroxylation sites is 2. The Balaban J connectivity index is 1.66. The number of furan rings is 1. The standard InChI is InChI=1S/C22H21N3O3/c1-13(2)15-9-6-7-14(3)19(15)24-18(26)11-25-12-23-20-16-8-4-5-10-17(16)28-21(20)22(25)27/h4-10,12-13H,11H2,1-3H3,(H,24,26). The number of anilines is 1. The van der Waals surface area contributed by atoms with Gasteiger partial charge in [0.05, 0.1) is 6.33 Å². The molecule has 1 N–H and O–H groups in total. The molecule has 6 nitrogen and oxygen atoms in total. The lowest BCUT2D eigenvalue weighted by molar-refractivity contribution is -0.116. The summed E-state index contributed by atoms with van der Waals surface area (Å²) in [6, 6.07) is 13.3. The average Bonchev–Trinajstić information content (AvgIpc) is 3.05. The normalized spacial score (nSPS) is 11.4. The van der Waals surface area contributed by atoms with Crippen molar-refractivity contribution in [3.05, 3.63) is 70.3 Å². The van der Waals surface area contributed by atoms with Crippen LogP contribution in [0.2, 0.25) is 0 Å². The number of amides is 1. The summed E-state index contributed by atoms with van der Waals surface area (Å²) in [6.45, 7) is 5.98. The molecule has 0 fully saturated rings. The van der Waals surface area contributed by atoms with Crippen molar-refractivity contribution in [2.24, 2.45) is 0 Å². The maximum atomic E-state index is 12.8. The van der Waals surface area contributed by atoms with Gasteiger partial charge in [0, 0.05) is 11.1 Å². The fraction of sp³-hybridized carbons (Fsp3) is 0.227. The van der Waals surface area contributed by atoms with E-state index in [2.05, 4.69) is 24.1 Å². The molecule has 1 amide bonds. The summed E-state index contributed by atoms with van der Waals surface area (Å²) >= 11 is 0. The first-order chi connectivity index (χ1) is 13.5. The van der Waals surface area contributed by atoms with Gasteiger partial charge in [0.2, 0.25) is 11.5 Å². The number of hydrogen-bond donors (Lipinski definition) is 1. The van der Waals surface area contributed by atoms with Crippen LogP contribution < -0.4 is 10.9 Å². The van der Waals surface area contributed by atoms with Gasteiger partial charge < -0.3 is 9.73 Å². The van der Waals surface area contributed by atoms with Gasteiger partial charge in [0.1, 0.15) is 17.6 Å². The number of nitrogens with one attached hydrogen (secondary N) is 1. The highest BCUT2D eigenvalue weighted by molar-refractivity contribution is 6.01. The van der Waals surface area contributed by atoms with Gasteiger partial charge in [-0.05, 0) is 36.1 Å². The minimum absolute atomic E-state index is 0.134. The maximum Gasteiger partial charge on any atom is 0.297 e. The zero-order chi connectivity index (χ0) is 19.8. The topological polar surface area (TPSA) is 77.1 Å². The first kappa shape index (κ1) is 18.0. The van der Waals surface area contributed by atoms with Crippen molar-refractivity contribution in [1.29, 1.82) is 0 Å². The number of rotatable bonds is 4. The van der Waals surface area contributed by atoms with Gasteiger partial charge in [0.15, 0.2) is 0 Å². The van der Waals surface area contributed by atoms with Gasteiger partial charge in [-0.2, -0.15) is 0 Å². The third-order valence-electron chi connectivity index (χ3n) is 4.86. The lowest BCUT2D eigenvalue weighted by Crippen LogP contribution is -2.28. The molecule has 6 heteroatoms. The SMILES string of the molecule is Cc1cccc(C(C)C)c1NC(=O)Cn1cnc2c(oc3ccccc32)c1=O. The van der Waals surface area contributed by atoms with E-state index >= 15 is 0 Å². The molecule has 4 aromatic rings. The van der Waals surface area contributed by atoms with Crippen LogP contribution in [0, 0.1) is 6.92 Å². The van der Waals surface area contributed by atoms with Crippen molar-refractivity contribution < 1.29 is 9.21 Å². The molecule has 0 aliphatic carbocycles. The van der Waals surface area contributed by atoms with Crippen LogP contribution in [0.15, 0.2) is 58.0 Å². The highest BCUT2D eigenvalue weighted by Gasteiger charge is 2.16. The zero-order valence-electron chi connectivity index (χ0n) is 16.0. The number of hydrogen-bond acceptors (Lipinski definition) is 4. The van der Waals surface area contributed by atoms with Crippen molar-refractivity contribution in [2.75, 3.05) is 5.32 Å². The molecule has 0 saturated carbocycles. The second kappa shape index (κ2) is 6.96. The van der Waals surface area contributed by atoms with Crippen LogP contribution in [-0.4, -0.2) is 15.5 Å². The number of aromatic nitrogens is 2. The third-order valence-corrected chi connectivity index (χ3v) is 4.86. The number of nitrogens with zero attached hydrogens (tertiary/aromatic N) is 2. The lowest BCUT2D eigenvalue weighted by atomic mass is 9.98. The van der Waals surface area contributed by atoms with Crippen molar-refractivity contribution in [3.8, 4) is 0 Å². The second-order valence-electron chi connectivity index (χ2n) is 7.20. The number of benzene rings is 2. The van der Waals surface area contributed by atoms with E-state index < -0.39 is 0 Å². The summed E-state index contributed by atoms with van der Waals surface area (Å²) in [5.74, 6) is -0.0120. The monoisotopic (exact) mass is 375 g/mol. The van der Waals surface area contributed by atoms with Crippen molar-refractivity contribution in [3.63, 3.8) is 0 Å². The molecule has 4 rings (SSSR count). The molecule has 0 radical (unpaired) electrons. The molecule has 2 aromatic heterocycles. The van der Waals surface area contributed by atoms with Gasteiger partial charge in [0.25, 0.3) is 5.56 Å². The second-order valence-corrected chi connectivity index (χ2v) is 7.20. The molecule has 0 unspecified atom stereocenters. The highest BCUT2D eigenvalue weighted by atomic mass is 16.3. The van der Waals surface area contributed by atoms with Crippen LogP contribution >= 0.6 is 0 Å². The largest absolute Gasteiger partial charge is 0.448 e. The molecular weight excluding hydrogens is 354 g/mol. The van der Waals surface area contributed by atoms with E-state index in [1.54, 1.807) is 6.07 Å². The molecule has 2 heterocycles. The molecule has 2 aromatic carbocycles. The summed E-state index contributed by atoms with van der Waals surface area (Å²) in [5.41, 5.74) is 3.75. The van der Waals surface area contributed by atoms with E-state index in [0.29, 0.717) is 11.1 Å². The Bertz CT molecular complexity index is 1250. The summed E-state index contributed by atoms with van der Waals surface area (Å²) in [5, 5.41) is 3.74. The molecule has 0 atom stereocenters. The molecule has 28 heavy (non-hydrogen) atoms. The van der Waals surface area contributed by atoms with Crippen molar-refractivity contribution in [1.82, 2.24) is 9.55 Å². The minimum atomic E-state index is -0.370. The van der Waals surface area contributed by atoms with Crippen molar-refractivity contribution in [2.45, 2.75) is 33.2 Å². The molecule has 0 aliphatic heterocycles. The fourth-order valence-corrected chi connectivity index (χ4v) is 3.40. The van der Waals surface area contributed by atoms with Crippen LogP contribution in [-0.2, 0) is 11.3 Å². The maximum absolute atomic E-state index is 12.8. The number of fused-ring (bicyclic) bond motifs is 3. The Kier molecular flexibility index (Phi) is 4.47. The molecule has 0 aliphatic rings. The fourth-order valence-electron chi connectivity index (χ4n) is 3.40. The van der Waals surface area contributed by atoms with E-state index in [0.717, 1.165) is 22.2 Å². The highest BCUT2D eigenvalue weighted by Crippen LogP contribution is 2.27. The van der Waals surface area contributed by atoms with Crippen molar-refractivity contribution >= 4 is 33.7 Å². The number of carbonyl (C=O) groups is 1. The van der Waals surface area contributed by atoms with Gasteiger partial charge in [-0.1, -0.05) is 44.2 Å². The van der Waals surface area contributed by atoms with E-state index in [1.807, 2.05) is 43.3 Å². The van der Waals surface area contributed by atoms with Gasteiger partial charge >= 0.3 is 0 Å². The Morgan fingerprint density at radius 1 is 1.18 bits per heavy atom. The smallest absolute Gasteiger partial charge is 0.297 e. The summed E-state index contributed by atoms with van der Waals surface area (Å²) in [7, 11) is 0. The predicted molar refractivity (Wildman–Crippen MR) is 110 cm³/mol. The number of aryl methyl sites for hydroxylation is 1. The van der Waals surface area contributed by atoms with E-state index in [1.165, 1.54) is 10.9 Å². The quantitative estimate of drug-likeness (QED) is 0.579. The zero-order valence-corrected chi connectivity index (χ0v) is 16.0. The van der Waals surface area contributed by atoms with Crippen LogP contribution in [0.3, 0.4) is 0 Å². The van der Waals surface area contributed by atoms with Gasteiger partial charge in [-0.15, -0.1) is 0 Å². The number of carbonyl (C=O) groups excluding carboxylic acids is 1. The van der Waals surface area contributed by atoms with Crippen LogP contribution in [0.1, 0.15) is 30.9 Å². The van der Waals surface area contributed by atoms with Gasteiger partial charge in [-0.3, -0.25) is 14.2 Å². The van der Waals surface area contributed by atoms with E-state index in [4.69, 9.17) is 4.42 Å². The molecular formula is C22H21N3O3. The van der Waals surface area contributed by atoms with Crippen LogP contribution in [0.4, 0.5) is 5.69 Å². The summed E-state index contributed by atoms with van der Waals surface area (Å²) in [4.78, 5) is 29.8. The Hall–Kier alpha value is -3.41. The average molecular weight is 375 g/mol. The third kappa shape index (κ3) is 3.07. The predicted octanol–water partition coefficient (Wildman–Crippen LogP) is 4.21. The Morgan fingerprint density at radius 3 is 2.75 bits per heavy atom. The molecule has 0 bridgehead atoms. The molecule has 142 valence electrons. The minimum Gasteiger partial charge on any atom is -0.448 e. The first-order valence-electron chi connectivity index (χ1n) is 9.21. The Morgan fingerprint density at radius 2 is 1.96 bits per heavy atom. The first-order valence-corrected chi connectivity index (χ1v) is 9.21. The van der Waals surface area contributed by atoms with Crippen LogP contribution in [0.25, 0.3) is 22.1 Å². The van der Waals surface area contributed by atoms with Gasteiger partial charge in [-0.25, -0.2) is 4.98 Å².